The van der Waals surface area contributed by atoms with Gasteiger partial charge in [-0.25, -0.2) is 9.37 Å². The second kappa shape index (κ2) is 10.9. The lowest BCUT2D eigenvalue weighted by molar-refractivity contribution is 0.622. The van der Waals surface area contributed by atoms with E-state index in [0.717, 1.165) is 62.2 Å². The van der Waals surface area contributed by atoms with Gasteiger partial charge in [0.25, 0.3) is 0 Å². The number of aromatic amines is 2. The number of rotatable bonds is 9. The van der Waals surface area contributed by atoms with Crippen LogP contribution in [0.25, 0.3) is 50.2 Å². The van der Waals surface area contributed by atoms with Gasteiger partial charge < -0.3 is 10.3 Å². The van der Waals surface area contributed by atoms with Crippen molar-refractivity contribution >= 4 is 27.5 Å². The maximum absolute atomic E-state index is 13.9. The van der Waals surface area contributed by atoms with Crippen LogP contribution in [0.15, 0.2) is 97.6 Å². The van der Waals surface area contributed by atoms with Crippen molar-refractivity contribution in [2.45, 2.75) is 27.2 Å². The van der Waals surface area contributed by atoms with Crippen LogP contribution in [0.1, 0.15) is 32.8 Å². The van der Waals surface area contributed by atoms with Crippen molar-refractivity contribution in [2.75, 3.05) is 0 Å². The van der Waals surface area contributed by atoms with E-state index in [2.05, 4.69) is 63.5 Å². The number of fused-ring (bicyclic) bond motifs is 2. The van der Waals surface area contributed by atoms with Gasteiger partial charge in [0, 0.05) is 51.2 Å². The fraction of sp³-hybridized carbons (Fsp3) is 0.156. The van der Waals surface area contributed by atoms with Gasteiger partial charge in [-0.1, -0.05) is 45.2 Å². The van der Waals surface area contributed by atoms with E-state index in [0.29, 0.717) is 17.3 Å². The molecule has 5 aromatic rings. The van der Waals surface area contributed by atoms with Crippen LogP contribution < -0.4 is 5.32 Å². The monoisotopic (exact) mass is 518 g/mol. The molecule has 0 aliphatic carbocycles. The molecular formula is C32H31FN6. The first kappa shape index (κ1) is 25.9. The summed E-state index contributed by atoms with van der Waals surface area (Å²) in [7, 11) is 0. The Bertz CT molecular complexity index is 1750. The molecule has 0 aliphatic heterocycles. The summed E-state index contributed by atoms with van der Waals surface area (Å²) in [6, 6.07) is 12.5. The van der Waals surface area contributed by atoms with Crippen LogP contribution in [0.5, 0.6) is 0 Å². The zero-order valence-corrected chi connectivity index (χ0v) is 22.3. The van der Waals surface area contributed by atoms with E-state index >= 15 is 0 Å². The average molecular weight is 519 g/mol. The van der Waals surface area contributed by atoms with Gasteiger partial charge in [0.15, 0.2) is 5.65 Å². The normalized spacial score (nSPS) is 12.4. The van der Waals surface area contributed by atoms with E-state index in [9.17, 15) is 4.39 Å². The van der Waals surface area contributed by atoms with Crippen LogP contribution in [0.2, 0.25) is 0 Å². The first-order valence-corrected chi connectivity index (χ1v) is 12.9. The molecule has 3 N–H and O–H groups in total. The van der Waals surface area contributed by atoms with Crippen molar-refractivity contribution in [3.05, 3.63) is 109 Å². The van der Waals surface area contributed by atoms with Gasteiger partial charge in [0.2, 0.25) is 0 Å². The predicted molar refractivity (Wildman–Crippen MR) is 158 cm³/mol. The lowest BCUT2D eigenvalue weighted by atomic mass is 10.0. The third kappa shape index (κ3) is 5.43. The summed E-state index contributed by atoms with van der Waals surface area (Å²) in [5, 5.41) is 12.7. The number of hydrogen-bond acceptors (Lipinski definition) is 4. The molecule has 0 spiro atoms. The van der Waals surface area contributed by atoms with Crippen molar-refractivity contribution in [1.29, 1.82) is 0 Å². The maximum Gasteiger partial charge on any atom is 0.181 e. The highest BCUT2D eigenvalue weighted by Gasteiger charge is 2.16. The number of hydrogen-bond donors (Lipinski definition) is 3. The molecule has 0 aliphatic rings. The van der Waals surface area contributed by atoms with Crippen LogP contribution in [0, 0.1) is 11.7 Å². The number of H-pyrrole nitrogens is 2. The Morgan fingerprint density at radius 3 is 2.72 bits per heavy atom. The molecule has 4 heterocycles. The molecule has 6 nitrogen and oxygen atoms in total. The van der Waals surface area contributed by atoms with Crippen LogP contribution in [-0.4, -0.2) is 25.1 Å². The third-order valence-electron chi connectivity index (χ3n) is 6.48. The van der Waals surface area contributed by atoms with Gasteiger partial charge >= 0.3 is 0 Å². The second-order valence-electron chi connectivity index (χ2n) is 9.88. The molecule has 39 heavy (non-hydrogen) atoms. The Labute approximate surface area is 227 Å². The molecule has 196 valence electrons. The van der Waals surface area contributed by atoms with Gasteiger partial charge in [-0.3, -0.25) is 10.1 Å². The van der Waals surface area contributed by atoms with E-state index in [1.807, 2.05) is 43.5 Å². The van der Waals surface area contributed by atoms with Gasteiger partial charge in [0.1, 0.15) is 5.82 Å². The highest BCUT2D eigenvalue weighted by molar-refractivity contribution is 6.00. The number of pyridine rings is 2. The van der Waals surface area contributed by atoms with Crippen molar-refractivity contribution in [3.8, 4) is 22.6 Å². The van der Waals surface area contributed by atoms with Crippen LogP contribution >= 0.6 is 0 Å². The molecule has 0 bridgehead atoms. The van der Waals surface area contributed by atoms with E-state index in [-0.39, 0.29) is 5.82 Å². The topological polar surface area (TPSA) is 82.3 Å². The Morgan fingerprint density at radius 1 is 1.13 bits per heavy atom. The summed E-state index contributed by atoms with van der Waals surface area (Å²) in [6.45, 7) is 14.4. The molecule has 0 fully saturated rings. The fourth-order valence-corrected chi connectivity index (χ4v) is 4.71. The van der Waals surface area contributed by atoms with Crippen molar-refractivity contribution in [2.24, 2.45) is 5.92 Å². The third-order valence-corrected chi connectivity index (χ3v) is 6.48. The van der Waals surface area contributed by atoms with E-state index < -0.39 is 0 Å². The molecule has 0 unspecified atom stereocenters. The molecule has 7 heteroatoms. The number of benzene rings is 1. The number of nitrogens with one attached hydrogen (secondary N) is 3. The SMILES string of the molecule is C=C/C(=C\C(=C/C)c1cnc2n[nH]c(-c3cc4c(-c5cccc(F)c5)nccc4[nH]3)c2c1)NC(=C)CC(C)C. The minimum absolute atomic E-state index is 0.298. The summed E-state index contributed by atoms with van der Waals surface area (Å²) < 4.78 is 13.9. The van der Waals surface area contributed by atoms with Crippen LogP contribution in [-0.2, 0) is 0 Å². The fourth-order valence-electron chi connectivity index (χ4n) is 4.71. The van der Waals surface area contributed by atoms with Gasteiger partial charge in [-0.05, 0) is 67.3 Å². The standard InChI is InChI=1S/C32H31FN6/c1-6-21(15-25(7-2)36-20(5)13-19(3)4)23-16-27-31(38-39-32(27)35-18-23)29-17-26-28(37-29)11-12-34-30(26)22-9-8-10-24(33)14-22/h6-12,14-19,36-37H,2,5,13H2,1,3-4H3,(H,35,38,39)/b21-6+,25-15+. The van der Waals surface area contributed by atoms with Crippen molar-refractivity contribution in [1.82, 2.24) is 30.5 Å². The quantitative estimate of drug-likeness (QED) is 0.173. The zero-order chi connectivity index (χ0) is 27.5. The molecule has 0 amide bonds. The molecule has 1 aromatic carbocycles. The first-order chi connectivity index (χ1) is 18.9. The summed E-state index contributed by atoms with van der Waals surface area (Å²) >= 11 is 0. The van der Waals surface area contributed by atoms with Crippen LogP contribution in [0.3, 0.4) is 0 Å². The first-order valence-electron chi connectivity index (χ1n) is 12.9. The van der Waals surface area contributed by atoms with Gasteiger partial charge in [0.05, 0.1) is 17.1 Å². The second-order valence-corrected chi connectivity index (χ2v) is 9.88. The highest BCUT2D eigenvalue weighted by atomic mass is 19.1. The molecule has 0 atom stereocenters. The molecule has 4 aromatic heterocycles. The van der Waals surface area contributed by atoms with Crippen LogP contribution in [0.4, 0.5) is 4.39 Å². The smallest absolute Gasteiger partial charge is 0.181 e. The Balaban J connectivity index is 1.53. The van der Waals surface area contributed by atoms with E-state index in [4.69, 9.17) is 0 Å². The minimum atomic E-state index is -0.298. The molecule has 5 rings (SSSR count). The zero-order valence-electron chi connectivity index (χ0n) is 22.3. The summed E-state index contributed by atoms with van der Waals surface area (Å²) in [4.78, 5) is 12.6. The van der Waals surface area contributed by atoms with E-state index in [1.54, 1.807) is 18.3 Å². The Hall–Kier alpha value is -4.78. The number of aromatic nitrogens is 5. The molecule has 0 radical (unpaired) electrons. The minimum Gasteiger partial charge on any atom is -0.359 e. The maximum atomic E-state index is 13.9. The van der Waals surface area contributed by atoms with E-state index in [1.165, 1.54) is 12.1 Å². The van der Waals surface area contributed by atoms with Gasteiger partial charge in [-0.2, -0.15) is 5.10 Å². The summed E-state index contributed by atoms with van der Waals surface area (Å²) in [5.41, 5.74) is 8.35. The van der Waals surface area contributed by atoms with Crippen molar-refractivity contribution in [3.63, 3.8) is 0 Å². The highest BCUT2D eigenvalue weighted by Crippen LogP contribution is 2.33. The predicted octanol–water partition coefficient (Wildman–Crippen LogP) is 7.93. The number of allylic oxidation sites excluding steroid dienone is 5. The van der Waals surface area contributed by atoms with Crippen molar-refractivity contribution < 1.29 is 4.39 Å². The lowest BCUT2D eigenvalue weighted by Gasteiger charge is -2.13. The van der Waals surface area contributed by atoms with Gasteiger partial charge in [-0.15, -0.1) is 0 Å². The number of halogens is 1. The summed E-state index contributed by atoms with van der Waals surface area (Å²) in [6.07, 6.45) is 10.3. The summed E-state index contributed by atoms with van der Waals surface area (Å²) in [5.74, 6) is 0.210. The lowest BCUT2D eigenvalue weighted by Crippen LogP contribution is -2.12. The molecule has 0 saturated carbocycles. The molecule has 0 saturated heterocycles. The average Bonchev–Trinajstić information content (AvgIpc) is 3.54. The molecular weight excluding hydrogens is 487 g/mol. The Kier molecular flexibility index (Phi) is 7.23. The largest absolute Gasteiger partial charge is 0.359 e. The number of nitrogens with zero attached hydrogens (tertiary/aromatic N) is 3. The Morgan fingerprint density at radius 2 is 1.97 bits per heavy atom.